The average molecular weight is 180 g/mol. The van der Waals surface area contributed by atoms with Crippen LogP contribution in [0.3, 0.4) is 0 Å². The molecule has 0 spiro atoms. The van der Waals surface area contributed by atoms with Crippen molar-refractivity contribution in [3.05, 3.63) is 12.2 Å². The van der Waals surface area contributed by atoms with Gasteiger partial charge in [0, 0.05) is 19.0 Å². The van der Waals surface area contributed by atoms with E-state index in [1.807, 2.05) is 11.6 Å². The predicted octanol–water partition coefficient (Wildman–Crippen LogP) is 0.800. The Labute approximate surface area is 78.1 Å². The van der Waals surface area contributed by atoms with Gasteiger partial charge in [0.1, 0.15) is 12.2 Å². The third kappa shape index (κ3) is 1.72. The summed E-state index contributed by atoms with van der Waals surface area (Å²) in [7, 11) is 2.00. The van der Waals surface area contributed by atoms with Gasteiger partial charge in [-0.05, 0) is 25.7 Å². The first kappa shape index (κ1) is 8.69. The molecule has 1 aliphatic rings. The normalized spacial score (nSPS) is 29.1. The highest BCUT2D eigenvalue weighted by atomic mass is 15.2. The number of nitrogens with two attached hydrogens (primary N) is 1. The van der Waals surface area contributed by atoms with Gasteiger partial charge in [0.15, 0.2) is 0 Å². The quantitative estimate of drug-likeness (QED) is 0.695. The molecule has 4 nitrogen and oxygen atoms in total. The molecule has 0 radical (unpaired) electrons. The fraction of sp³-hybridized carbons (Fsp3) is 0.778. The molecule has 2 N–H and O–H groups in total. The summed E-state index contributed by atoms with van der Waals surface area (Å²) in [6.07, 6.45) is 6.33. The van der Waals surface area contributed by atoms with E-state index in [0.717, 1.165) is 31.5 Å². The molecule has 0 bridgehead atoms. The van der Waals surface area contributed by atoms with Crippen molar-refractivity contribution in [2.45, 2.75) is 37.6 Å². The maximum atomic E-state index is 5.85. The second-order valence-corrected chi connectivity index (χ2v) is 3.91. The van der Waals surface area contributed by atoms with Crippen LogP contribution in [0.25, 0.3) is 0 Å². The average Bonchev–Trinajstić information content (AvgIpc) is 2.53. The molecule has 0 unspecified atom stereocenters. The zero-order valence-electron chi connectivity index (χ0n) is 7.98. The molecule has 0 atom stereocenters. The topological polar surface area (TPSA) is 56.7 Å². The summed E-state index contributed by atoms with van der Waals surface area (Å²) >= 11 is 0. The Hall–Kier alpha value is -0.900. The van der Waals surface area contributed by atoms with Crippen LogP contribution in [0.15, 0.2) is 6.33 Å². The molecule has 1 heterocycles. The van der Waals surface area contributed by atoms with E-state index in [1.165, 1.54) is 0 Å². The molecular formula is C9H16N4. The maximum Gasteiger partial charge on any atom is 0.135 e. The molecule has 1 fully saturated rings. The SMILES string of the molecule is Cn1cnnc1C1CCC(N)CC1. The summed E-state index contributed by atoms with van der Waals surface area (Å²) in [5.41, 5.74) is 5.85. The largest absolute Gasteiger partial charge is 0.328 e. The van der Waals surface area contributed by atoms with Gasteiger partial charge in [-0.3, -0.25) is 0 Å². The standard InChI is InChI=1S/C9H16N4/c1-13-6-11-12-9(13)7-2-4-8(10)5-3-7/h6-8H,2-5,10H2,1H3. The van der Waals surface area contributed by atoms with Crippen LogP contribution >= 0.6 is 0 Å². The zero-order valence-corrected chi connectivity index (χ0v) is 7.98. The molecule has 1 aromatic rings. The number of hydrogen-bond acceptors (Lipinski definition) is 3. The van der Waals surface area contributed by atoms with Crippen molar-refractivity contribution >= 4 is 0 Å². The van der Waals surface area contributed by atoms with Crippen LogP contribution in [-0.4, -0.2) is 20.8 Å². The lowest BCUT2D eigenvalue weighted by atomic mass is 9.86. The van der Waals surface area contributed by atoms with Crippen molar-refractivity contribution < 1.29 is 0 Å². The summed E-state index contributed by atoms with van der Waals surface area (Å²) in [6.45, 7) is 0. The predicted molar refractivity (Wildman–Crippen MR) is 50.2 cm³/mol. The lowest BCUT2D eigenvalue weighted by Gasteiger charge is -2.24. The first-order valence-electron chi connectivity index (χ1n) is 4.87. The van der Waals surface area contributed by atoms with Crippen molar-refractivity contribution in [3.8, 4) is 0 Å². The monoisotopic (exact) mass is 180 g/mol. The van der Waals surface area contributed by atoms with E-state index in [9.17, 15) is 0 Å². The van der Waals surface area contributed by atoms with E-state index in [4.69, 9.17) is 5.73 Å². The molecule has 4 heteroatoms. The molecule has 0 saturated heterocycles. The third-order valence-electron chi connectivity index (χ3n) is 2.88. The molecule has 1 saturated carbocycles. The summed E-state index contributed by atoms with van der Waals surface area (Å²) in [5.74, 6) is 1.69. The van der Waals surface area contributed by atoms with E-state index in [1.54, 1.807) is 6.33 Å². The smallest absolute Gasteiger partial charge is 0.135 e. The first-order chi connectivity index (χ1) is 6.27. The molecule has 0 amide bonds. The number of nitrogens with zero attached hydrogens (tertiary/aromatic N) is 3. The lowest BCUT2D eigenvalue weighted by molar-refractivity contribution is 0.379. The highest BCUT2D eigenvalue weighted by Crippen LogP contribution is 2.30. The van der Waals surface area contributed by atoms with Gasteiger partial charge >= 0.3 is 0 Å². The van der Waals surface area contributed by atoms with Crippen molar-refractivity contribution in [3.63, 3.8) is 0 Å². The van der Waals surface area contributed by atoms with E-state index in [-0.39, 0.29) is 0 Å². The molecule has 1 aromatic heterocycles. The van der Waals surface area contributed by atoms with E-state index in [0.29, 0.717) is 12.0 Å². The fourth-order valence-corrected chi connectivity index (χ4v) is 2.04. The molecule has 13 heavy (non-hydrogen) atoms. The van der Waals surface area contributed by atoms with Crippen molar-refractivity contribution in [2.75, 3.05) is 0 Å². The van der Waals surface area contributed by atoms with Crippen LogP contribution in [0.5, 0.6) is 0 Å². The van der Waals surface area contributed by atoms with Crippen LogP contribution in [-0.2, 0) is 7.05 Å². The van der Waals surface area contributed by atoms with Crippen LogP contribution in [0.2, 0.25) is 0 Å². The van der Waals surface area contributed by atoms with Crippen LogP contribution in [0.4, 0.5) is 0 Å². The molecule has 2 rings (SSSR count). The second kappa shape index (κ2) is 3.46. The van der Waals surface area contributed by atoms with Gasteiger partial charge in [0.05, 0.1) is 0 Å². The van der Waals surface area contributed by atoms with Crippen LogP contribution in [0, 0.1) is 0 Å². The van der Waals surface area contributed by atoms with Gasteiger partial charge in [0.25, 0.3) is 0 Å². The Kier molecular flexibility index (Phi) is 2.31. The molecule has 1 aliphatic carbocycles. The highest BCUT2D eigenvalue weighted by molar-refractivity contribution is 4.98. The molecular weight excluding hydrogens is 164 g/mol. The Morgan fingerprint density at radius 3 is 2.62 bits per heavy atom. The maximum absolute atomic E-state index is 5.85. The molecule has 0 aromatic carbocycles. The van der Waals surface area contributed by atoms with Crippen molar-refractivity contribution in [2.24, 2.45) is 12.8 Å². The van der Waals surface area contributed by atoms with Gasteiger partial charge in [0.2, 0.25) is 0 Å². The van der Waals surface area contributed by atoms with Crippen LogP contribution < -0.4 is 5.73 Å². The number of aryl methyl sites for hydroxylation is 1. The number of rotatable bonds is 1. The highest BCUT2D eigenvalue weighted by Gasteiger charge is 2.22. The van der Waals surface area contributed by atoms with Gasteiger partial charge in [-0.1, -0.05) is 0 Å². The number of aromatic nitrogens is 3. The summed E-state index contributed by atoms with van der Waals surface area (Å²) in [4.78, 5) is 0. The van der Waals surface area contributed by atoms with Gasteiger partial charge in [-0.2, -0.15) is 0 Å². The summed E-state index contributed by atoms with van der Waals surface area (Å²) in [5, 5.41) is 8.03. The lowest BCUT2D eigenvalue weighted by Crippen LogP contribution is -2.26. The second-order valence-electron chi connectivity index (χ2n) is 3.91. The Balaban J connectivity index is 2.06. The van der Waals surface area contributed by atoms with Crippen molar-refractivity contribution in [1.82, 2.24) is 14.8 Å². The fourth-order valence-electron chi connectivity index (χ4n) is 2.04. The van der Waals surface area contributed by atoms with E-state index in [2.05, 4.69) is 10.2 Å². The zero-order chi connectivity index (χ0) is 9.26. The van der Waals surface area contributed by atoms with E-state index >= 15 is 0 Å². The van der Waals surface area contributed by atoms with Gasteiger partial charge in [-0.25, -0.2) is 0 Å². The molecule has 0 aliphatic heterocycles. The van der Waals surface area contributed by atoms with E-state index < -0.39 is 0 Å². The van der Waals surface area contributed by atoms with Crippen molar-refractivity contribution in [1.29, 1.82) is 0 Å². The minimum absolute atomic E-state index is 0.407. The van der Waals surface area contributed by atoms with Gasteiger partial charge < -0.3 is 10.3 Å². The van der Waals surface area contributed by atoms with Crippen LogP contribution in [0.1, 0.15) is 37.4 Å². The molecule has 72 valence electrons. The third-order valence-corrected chi connectivity index (χ3v) is 2.88. The first-order valence-corrected chi connectivity index (χ1v) is 4.87. The summed E-state index contributed by atoms with van der Waals surface area (Å²) < 4.78 is 2.02. The number of hydrogen-bond donors (Lipinski definition) is 1. The minimum atomic E-state index is 0.407. The Morgan fingerprint density at radius 1 is 1.38 bits per heavy atom. The van der Waals surface area contributed by atoms with Gasteiger partial charge in [-0.15, -0.1) is 10.2 Å². The Bertz CT molecular complexity index is 273. The minimum Gasteiger partial charge on any atom is -0.328 e. The summed E-state index contributed by atoms with van der Waals surface area (Å²) in [6, 6.07) is 0.407. The Morgan fingerprint density at radius 2 is 2.08 bits per heavy atom.